The topological polar surface area (TPSA) is 75.6 Å². The van der Waals surface area contributed by atoms with Crippen LogP contribution in [0.4, 0.5) is 0 Å². The molecule has 0 heterocycles. The van der Waals surface area contributed by atoms with Crippen molar-refractivity contribution in [3.05, 3.63) is 65.7 Å². The Morgan fingerprint density at radius 3 is 2.36 bits per heavy atom. The number of methoxy groups -OCH3 is 1. The van der Waals surface area contributed by atoms with Crippen molar-refractivity contribution in [2.75, 3.05) is 7.11 Å². The van der Waals surface area contributed by atoms with Crippen molar-refractivity contribution >= 4 is 11.9 Å². The van der Waals surface area contributed by atoms with E-state index in [9.17, 15) is 14.7 Å². The van der Waals surface area contributed by atoms with Crippen LogP contribution in [0.15, 0.2) is 54.6 Å². The normalized spacial score (nSPS) is 12.9. The van der Waals surface area contributed by atoms with Gasteiger partial charge in [0.15, 0.2) is 6.04 Å². The van der Waals surface area contributed by atoms with Crippen LogP contribution in [0, 0.1) is 5.92 Å². The van der Waals surface area contributed by atoms with E-state index in [-0.39, 0.29) is 18.2 Å². The van der Waals surface area contributed by atoms with Gasteiger partial charge < -0.3 is 15.2 Å². The van der Waals surface area contributed by atoms with Gasteiger partial charge in [0.2, 0.25) is 5.91 Å². The third kappa shape index (κ3) is 5.35. The standard InChI is InChI=1S/C20H23NO4/c1-14(12-16-10-6-7-11-17(16)25-2)13-18(22)21-19(20(23)24)15-8-4-3-5-9-15/h3-11,14,19H,12-13H2,1-2H3,(H,21,22)(H,23,24). The van der Waals surface area contributed by atoms with E-state index in [4.69, 9.17) is 4.74 Å². The van der Waals surface area contributed by atoms with Gasteiger partial charge in [0, 0.05) is 6.42 Å². The van der Waals surface area contributed by atoms with Crippen LogP contribution in [-0.4, -0.2) is 24.1 Å². The number of carbonyl (C=O) groups is 2. The zero-order valence-electron chi connectivity index (χ0n) is 14.4. The second-order valence-electron chi connectivity index (χ2n) is 6.07. The lowest BCUT2D eigenvalue weighted by atomic mass is 9.96. The molecule has 0 radical (unpaired) electrons. The van der Waals surface area contributed by atoms with Crippen LogP contribution in [0.3, 0.4) is 0 Å². The van der Waals surface area contributed by atoms with Gasteiger partial charge in [-0.15, -0.1) is 0 Å². The van der Waals surface area contributed by atoms with Gasteiger partial charge in [-0.05, 0) is 29.5 Å². The van der Waals surface area contributed by atoms with Gasteiger partial charge in [-0.25, -0.2) is 4.79 Å². The molecule has 25 heavy (non-hydrogen) atoms. The lowest BCUT2D eigenvalue weighted by Gasteiger charge is -2.17. The fourth-order valence-electron chi connectivity index (χ4n) is 2.79. The van der Waals surface area contributed by atoms with Gasteiger partial charge in [0.1, 0.15) is 5.75 Å². The van der Waals surface area contributed by atoms with Crippen LogP contribution < -0.4 is 10.1 Å². The Bertz CT molecular complexity index is 715. The summed E-state index contributed by atoms with van der Waals surface area (Å²) in [6.45, 7) is 1.96. The molecular formula is C20H23NO4. The molecule has 0 saturated carbocycles. The summed E-state index contributed by atoms with van der Waals surface area (Å²) >= 11 is 0. The molecule has 2 rings (SSSR count). The molecule has 1 amide bonds. The van der Waals surface area contributed by atoms with Crippen LogP contribution in [0.2, 0.25) is 0 Å². The number of carboxylic acids is 1. The molecular weight excluding hydrogens is 318 g/mol. The molecule has 0 aliphatic rings. The molecule has 5 nitrogen and oxygen atoms in total. The molecule has 0 aliphatic carbocycles. The Morgan fingerprint density at radius 2 is 1.72 bits per heavy atom. The van der Waals surface area contributed by atoms with E-state index in [1.807, 2.05) is 31.2 Å². The van der Waals surface area contributed by atoms with Gasteiger partial charge in [-0.2, -0.15) is 0 Å². The third-order valence-corrected chi connectivity index (χ3v) is 3.98. The highest BCUT2D eigenvalue weighted by atomic mass is 16.5. The van der Waals surface area contributed by atoms with Crippen LogP contribution in [-0.2, 0) is 16.0 Å². The predicted octanol–water partition coefficient (Wildman–Crippen LogP) is 3.21. The van der Waals surface area contributed by atoms with E-state index in [0.717, 1.165) is 11.3 Å². The number of para-hydroxylation sites is 1. The Balaban J connectivity index is 1.97. The number of rotatable bonds is 8. The summed E-state index contributed by atoms with van der Waals surface area (Å²) in [5.41, 5.74) is 1.59. The molecule has 2 aromatic rings. The fraction of sp³-hybridized carbons (Fsp3) is 0.300. The van der Waals surface area contributed by atoms with Crippen LogP contribution in [0.1, 0.15) is 30.5 Å². The lowest BCUT2D eigenvalue weighted by molar-refractivity contribution is -0.142. The SMILES string of the molecule is COc1ccccc1CC(C)CC(=O)NC(C(=O)O)c1ccccc1. The van der Waals surface area contributed by atoms with E-state index in [1.54, 1.807) is 37.4 Å². The van der Waals surface area contributed by atoms with E-state index in [2.05, 4.69) is 5.32 Å². The van der Waals surface area contributed by atoms with Crippen LogP contribution >= 0.6 is 0 Å². The number of carbonyl (C=O) groups excluding carboxylic acids is 1. The maximum Gasteiger partial charge on any atom is 0.330 e. The minimum Gasteiger partial charge on any atom is -0.496 e. The van der Waals surface area contributed by atoms with Crippen molar-refractivity contribution < 1.29 is 19.4 Å². The van der Waals surface area contributed by atoms with Crippen molar-refractivity contribution in [2.45, 2.75) is 25.8 Å². The summed E-state index contributed by atoms with van der Waals surface area (Å²) < 4.78 is 5.33. The second kappa shape index (κ2) is 8.87. The zero-order chi connectivity index (χ0) is 18.2. The molecule has 132 valence electrons. The molecule has 2 aromatic carbocycles. The Morgan fingerprint density at radius 1 is 1.08 bits per heavy atom. The molecule has 0 fully saturated rings. The van der Waals surface area contributed by atoms with Crippen molar-refractivity contribution in [1.29, 1.82) is 0 Å². The van der Waals surface area contributed by atoms with Crippen molar-refractivity contribution in [3.63, 3.8) is 0 Å². The maximum atomic E-state index is 12.3. The molecule has 0 aromatic heterocycles. The van der Waals surface area contributed by atoms with E-state index in [0.29, 0.717) is 12.0 Å². The second-order valence-corrected chi connectivity index (χ2v) is 6.07. The number of hydrogen-bond donors (Lipinski definition) is 2. The molecule has 0 spiro atoms. The molecule has 0 aliphatic heterocycles. The number of benzene rings is 2. The van der Waals surface area contributed by atoms with Crippen molar-refractivity contribution in [2.24, 2.45) is 5.92 Å². The van der Waals surface area contributed by atoms with E-state index in [1.165, 1.54) is 0 Å². The number of ether oxygens (including phenoxy) is 1. The predicted molar refractivity (Wildman–Crippen MR) is 95.4 cm³/mol. The highest BCUT2D eigenvalue weighted by Gasteiger charge is 2.22. The minimum absolute atomic E-state index is 0.0570. The lowest BCUT2D eigenvalue weighted by Crippen LogP contribution is -2.34. The van der Waals surface area contributed by atoms with Gasteiger partial charge >= 0.3 is 5.97 Å². The summed E-state index contributed by atoms with van der Waals surface area (Å²) in [7, 11) is 1.62. The Labute approximate surface area is 147 Å². The average molecular weight is 341 g/mol. The smallest absolute Gasteiger partial charge is 0.330 e. The fourth-order valence-corrected chi connectivity index (χ4v) is 2.79. The molecule has 5 heteroatoms. The molecule has 0 saturated heterocycles. The molecule has 2 N–H and O–H groups in total. The number of aliphatic carboxylic acids is 1. The highest BCUT2D eigenvalue weighted by molar-refractivity contribution is 5.84. The summed E-state index contributed by atoms with van der Waals surface area (Å²) in [6, 6.07) is 15.3. The van der Waals surface area contributed by atoms with E-state index >= 15 is 0 Å². The number of amides is 1. The molecule has 0 bridgehead atoms. The summed E-state index contributed by atoms with van der Waals surface area (Å²) in [4.78, 5) is 23.7. The zero-order valence-corrected chi connectivity index (χ0v) is 14.4. The summed E-state index contributed by atoms with van der Waals surface area (Å²) in [5.74, 6) is -0.500. The third-order valence-electron chi connectivity index (χ3n) is 3.98. The number of carboxylic acid groups (broad SMARTS) is 1. The molecule has 2 atom stereocenters. The van der Waals surface area contributed by atoms with Crippen molar-refractivity contribution in [3.8, 4) is 5.75 Å². The quantitative estimate of drug-likeness (QED) is 0.773. The highest BCUT2D eigenvalue weighted by Crippen LogP contribution is 2.22. The average Bonchev–Trinajstić information content (AvgIpc) is 2.60. The number of nitrogens with one attached hydrogen (secondary N) is 1. The first-order valence-electron chi connectivity index (χ1n) is 8.20. The van der Waals surface area contributed by atoms with Gasteiger partial charge in [0.05, 0.1) is 7.11 Å². The molecule has 2 unspecified atom stereocenters. The van der Waals surface area contributed by atoms with Gasteiger partial charge in [0.25, 0.3) is 0 Å². The van der Waals surface area contributed by atoms with Gasteiger partial charge in [-0.3, -0.25) is 4.79 Å². The van der Waals surface area contributed by atoms with Crippen molar-refractivity contribution in [1.82, 2.24) is 5.32 Å². The maximum absolute atomic E-state index is 12.3. The largest absolute Gasteiger partial charge is 0.496 e. The monoisotopic (exact) mass is 341 g/mol. The minimum atomic E-state index is -1.07. The first-order chi connectivity index (χ1) is 12.0. The van der Waals surface area contributed by atoms with E-state index < -0.39 is 12.0 Å². The Kier molecular flexibility index (Phi) is 6.57. The first-order valence-corrected chi connectivity index (χ1v) is 8.20. The summed E-state index contributed by atoms with van der Waals surface area (Å²) in [5, 5.41) is 12.0. The van der Waals surface area contributed by atoms with Gasteiger partial charge in [-0.1, -0.05) is 55.5 Å². The van der Waals surface area contributed by atoms with Crippen LogP contribution in [0.25, 0.3) is 0 Å². The first kappa shape index (κ1) is 18.5. The summed E-state index contributed by atoms with van der Waals surface area (Å²) in [6.07, 6.45) is 0.926. The van der Waals surface area contributed by atoms with Crippen LogP contribution in [0.5, 0.6) is 5.75 Å². The number of hydrogen-bond acceptors (Lipinski definition) is 3. The Hall–Kier alpha value is -2.82.